The van der Waals surface area contributed by atoms with Crippen LogP contribution in [0.4, 0.5) is 0 Å². The van der Waals surface area contributed by atoms with Gasteiger partial charge in [-0.2, -0.15) is 0 Å². The van der Waals surface area contributed by atoms with Gasteiger partial charge in [-0.25, -0.2) is 0 Å². The number of methoxy groups -OCH3 is 2. The predicted octanol–water partition coefficient (Wildman–Crippen LogP) is 1.80. The van der Waals surface area contributed by atoms with E-state index in [0.29, 0.717) is 0 Å². The number of hydrogen-bond acceptors (Lipinski definition) is 2. The third kappa shape index (κ3) is 1.18. The molecule has 0 atom stereocenters. The molecule has 0 aromatic carbocycles. The van der Waals surface area contributed by atoms with E-state index in [9.17, 15) is 0 Å². The molecule has 0 bridgehead atoms. The molecule has 60 valence electrons. The van der Waals surface area contributed by atoms with Gasteiger partial charge >= 0.3 is 0 Å². The summed E-state index contributed by atoms with van der Waals surface area (Å²) in [5.41, 5.74) is 0. The van der Waals surface area contributed by atoms with Crippen molar-refractivity contribution in [2.75, 3.05) is 14.2 Å². The molecule has 1 aliphatic rings. The third-order valence-corrected chi connectivity index (χ3v) is 2.52. The van der Waals surface area contributed by atoms with E-state index in [0.717, 1.165) is 18.8 Å². The zero-order chi connectivity index (χ0) is 7.61. The Morgan fingerprint density at radius 1 is 1.30 bits per heavy atom. The van der Waals surface area contributed by atoms with Crippen LogP contribution in [0.2, 0.25) is 0 Å². The summed E-state index contributed by atoms with van der Waals surface area (Å²) < 4.78 is 10.5. The standard InChI is InChI=1S/C8H16O2/c1-4-7-5-8(6-7,9-2)10-3/h7H,4-6H2,1-3H3. The second-order valence-electron chi connectivity index (χ2n) is 3.00. The maximum absolute atomic E-state index is 5.23. The molecular formula is C8H16O2. The van der Waals surface area contributed by atoms with Gasteiger partial charge in [0, 0.05) is 27.1 Å². The van der Waals surface area contributed by atoms with Crippen molar-refractivity contribution in [2.45, 2.75) is 32.0 Å². The second kappa shape index (κ2) is 2.89. The van der Waals surface area contributed by atoms with Crippen molar-refractivity contribution in [2.24, 2.45) is 5.92 Å². The molecule has 1 aliphatic carbocycles. The zero-order valence-corrected chi connectivity index (χ0v) is 7.02. The largest absolute Gasteiger partial charge is 0.353 e. The molecule has 2 nitrogen and oxygen atoms in total. The predicted molar refractivity (Wildman–Crippen MR) is 39.8 cm³/mol. The fourth-order valence-electron chi connectivity index (χ4n) is 1.53. The Morgan fingerprint density at radius 3 is 2.10 bits per heavy atom. The normalized spacial score (nSPS) is 24.3. The third-order valence-electron chi connectivity index (χ3n) is 2.52. The topological polar surface area (TPSA) is 18.5 Å². The molecule has 0 aromatic heterocycles. The first-order chi connectivity index (χ1) is 4.76. The van der Waals surface area contributed by atoms with E-state index in [1.165, 1.54) is 6.42 Å². The monoisotopic (exact) mass is 144 g/mol. The second-order valence-corrected chi connectivity index (χ2v) is 3.00. The molecule has 1 rings (SSSR count). The Kier molecular flexibility index (Phi) is 2.32. The fraction of sp³-hybridized carbons (Fsp3) is 1.00. The Hall–Kier alpha value is -0.0800. The van der Waals surface area contributed by atoms with Crippen LogP contribution in [0.15, 0.2) is 0 Å². The molecule has 0 amide bonds. The SMILES string of the molecule is CCC1CC(OC)(OC)C1. The van der Waals surface area contributed by atoms with Crippen LogP contribution in [0.5, 0.6) is 0 Å². The average Bonchev–Trinajstić information content (AvgIpc) is 1.89. The molecule has 0 N–H and O–H groups in total. The van der Waals surface area contributed by atoms with Gasteiger partial charge in [-0.15, -0.1) is 0 Å². The van der Waals surface area contributed by atoms with Crippen LogP contribution in [-0.4, -0.2) is 20.0 Å². The highest BCUT2D eigenvalue weighted by Crippen LogP contribution is 2.42. The first-order valence-electron chi connectivity index (χ1n) is 3.86. The summed E-state index contributed by atoms with van der Waals surface area (Å²) in [5.74, 6) is 0.598. The van der Waals surface area contributed by atoms with Crippen molar-refractivity contribution < 1.29 is 9.47 Å². The van der Waals surface area contributed by atoms with Gasteiger partial charge in [0.25, 0.3) is 0 Å². The van der Waals surface area contributed by atoms with Gasteiger partial charge in [-0.1, -0.05) is 13.3 Å². The van der Waals surface area contributed by atoms with E-state index in [-0.39, 0.29) is 5.79 Å². The number of rotatable bonds is 3. The van der Waals surface area contributed by atoms with E-state index in [2.05, 4.69) is 6.92 Å². The molecule has 0 aromatic rings. The van der Waals surface area contributed by atoms with Crippen LogP contribution in [0.1, 0.15) is 26.2 Å². The Labute approximate surface area is 62.5 Å². The Bertz CT molecular complexity index is 99.8. The van der Waals surface area contributed by atoms with Crippen molar-refractivity contribution in [3.8, 4) is 0 Å². The van der Waals surface area contributed by atoms with Gasteiger partial charge in [0.15, 0.2) is 5.79 Å². The number of hydrogen-bond donors (Lipinski definition) is 0. The van der Waals surface area contributed by atoms with E-state index >= 15 is 0 Å². The van der Waals surface area contributed by atoms with Gasteiger partial charge in [-0.3, -0.25) is 0 Å². The molecule has 1 saturated carbocycles. The lowest BCUT2D eigenvalue weighted by Gasteiger charge is -2.44. The lowest BCUT2D eigenvalue weighted by Crippen LogP contribution is -2.46. The zero-order valence-electron chi connectivity index (χ0n) is 7.02. The van der Waals surface area contributed by atoms with E-state index in [4.69, 9.17) is 9.47 Å². The first-order valence-corrected chi connectivity index (χ1v) is 3.86. The van der Waals surface area contributed by atoms with Crippen LogP contribution in [0.3, 0.4) is 0 Å². The summed E-state index contributed by atoms with van der Waals surface area (Å²) in [6.07, 6.45) is 3.38. The van der Waals surface area contributed by atoms with Crippen molar-refractivity contribution in [1.29, 1.82) is 0 Å². The first kappa shape index (κ1) is 8.02. The van der Waals surface area contributed by atoms with Crippen LogP contribution < -0.4 is 0 Å². The van der Waals surface area contributed by atoms with E-state index in [1.807, 2.05) is 0 Å². The molecule has 1 fully saturated rings. The van der Waals surface area contributed by atoms with Gasteiger partial charge < -0.3 is 9.47 Å². The minimum Gasteiger partial charge on any atom is -0.353 e. The molecule has 2 heteroatoms. The lowest BCUT2D eigenvalue weighted by atomic mass is 9.77. The van der Waals surface area contributed by atoms with Crippen LogP contribution in [-0.2, 0) is 9.47 Å². The Morgan fingerprint density at radius 2 is 1.80 bits per heavy atom. The maximum atomic E-state index is 5.23. The highest BCUT2D eigenvalue weighted by atomic mass is 16.7. The fourth-order valence-corrected chi connectivity index (χ4v) is 1.53. The number of ether oxygens (including phenoxy) is 2. The summed E-state index contributed by atoms with van der Waals surface area (Å²) in [6, 6.07) is 0. The van der Waals surface area contributed by atoms with Gasteiger partial charge in [0.05, 0.1) is 0 Å². The van der Waals surface area contributed by atoms with Crippen molar-refractivity contribution in [3.05, 3.63) is 0 Å². The smallest absolute Gasteiger partial charge is 0.168 e. The van der Waals surface area contributed by atoms with Crippen molar-refractivity contribution in [3.63, 3.8) is 0 Å². The van der Waals surface area contributed by atoms with Crippen molar-refractivity contribution in [1.82, 2.24) is 0 Å². The minimum atomic E-state index is -0.222. The molecule has 0 heterocycles. The van der Waals surface area contributed by atoms with Crippen LogP contribution in [0, 0.1) is 5.92 Å². The van der Waals surface area contributed by atoms with Crippen molar-refractivity contribution >= 4 is 0 Å². The Balaban J connectivity index is 2.31. The maximum Gasteiger partial charge on any atom is 0.168 e. The highest BCUT2D eigenvalue weighted by Gasteiger charge is 2.43. The summed E-state index contributed by atoms with van der Waals surface area (Å²) in [6.45, 7) is 2.21. The van der Waals surface area contributed by atoms with E-state index < -0.39 is 0 Å². The summed E-state index contributed by atoms with van der Waals surface area (Å²) in [4.78, 5) is 0. The minimum absolute atomic E-state index is 0.222. The molecule has 0 spiro atoms. The summed E-state index contributed by atoms with van der Waals surface area (Å²) in [7, 11) is 3.44. The molecule has 0 radical (unpaired) electrons. The molecule has 0 unspecified atom stereocenters. The molecule has 0 aliphatic heterocycles. The molecular weight excluding hydrogens is 128 g/mol. The summed E-state index contributed by atoms with van der Waals surface area (Å²) >= 11 is 0. The molecule has 10 heavy (non-hydrogen) atoms. The average molecular weight is 144 g/mol. The molecule has 0 saturated heterocycles. The quantitative estimate of drug-likeness (QED) is 0.562. The summed E-state index contributed by atoms with van der Waals surface area (Å²) in [5, 5.41) is 0. The lowest BCUT2D eigenvalue weighted by molar-refractivity contribution is -0.270. The van der Waals surface area contributed by atoms with Crippen LogP contribution >= 0.6 is 0 Å². The van der Waals surface area contributed by atoms with Gasteiger partial charge in [-0.05, 0) is 5.92 Å². The van der Waals surface area contributed by atoms with Crippen LogP contribution in [0.25, 0.3) is 0 Å². The van der Waals surface area contributed by atoms with E-state index in [1.54, 1.807) is 14.2 Å². The van der Waals surface area contributed by atoms with Gasteiger partial charge in [0.1, 0.15) is 0 Å². The van der Waals surface area contributed by atoms with Gasteiger partial charge in [0.2, 0.25) is 0 Å². The highest BCUT2D eigenvalue weighted by molar-refractivity contribution is 4.87.